The average molecular weight is 189 g/mol. The molecule has 0 spiro atoms. The van der Waals surface area contributed by atoms with Crippen molar-refractivity contribution in [1.29, 1.82) is 0 Å². The first-order valence-corrected chi connectivity index (χ1v) is 4.73. The van der Waals surface area contributed by atoms with E-state index in [9.17, 15) is 0 Å². The van der Waals surface area contributed by atoms with Crippen molar-refractivity contribution in [2.45, 2.75) is 17.2 Å². The molecule has 1 atom stereocenters. The third-order valence-corrected chi connectivity index (χ3v) is 2.75. The summed E-state index contributed by atoms with van der Waals surface area (Å²) in [6, 6.07) is 0. The lowest BCUT2D eigenvalue weighted by atomic mass is 10.6. The highest BCUT2D eigenvalue weighted by atomic mass is 35.5. The van der Waals surface area contributed by atoms with Crippen LogP contribution in [0.5, 0.6) is 0 Å². The fourth-order valence-electron chi connectivity index (χ4n) is 0.584. The summed E-state index contributed by atoms with van der Waals surface area (Å²) in [6.45, 7) is 2.06. The smallest absolute Gasteiger partial charge is 0.115 e. The van der Waals surface area contributed by atoms with Gasteiger partial charge < -0.3 is 0 Å². The van der Waals surface area contributed by atoms with Gasteiger partial charge in [0.15, 0.2) is 0 Å². The molecule has 0 aliphatic rings. The second kappa shape index (κ2) is 4.57. The summed E-state index contributed by atoms with van der Waals surface area (Å²) < 4.78 is 0. The van der Waals surface area contributed by atoms with Crippen molar-refractivity contribution in [3.63, 3.8) is 0 Å². The van der Waals surface area contributed by atoms with E-state index in [1.54, 1.807) is 30.4 Å². The zero-order chi connectivity index (χ0) is 8.10. The van der Waals surface area contributed by atoms with Crippen LogP contribution >= 0.6 is 23.4 Å². The quantitative estimate of drug-likeness (QED) is 0.537. The molecule has 11 heavy (non-hydrogen) atoms. The number of hydrogen-bond donors (Lipinski definition) is 0. The molecule has 1 aromatic rings. The van der Waals surface area contributed by atoms with Gasteiger partial charge in [0.2, 0.25) is 0 Å². The molecule has 0 saturated heterocycles. The molecule has 0 aliphatic carbocycles. The van der Waals surface area contributed by atoms with Gasteiger partial charge in [0.1, 0.15) is 5.03 Å². The van der Waals surface area contributed by atoms with E-state index >= 15 is 0 Å². The Bertz CT molecular complexity index is 205. The van der Waals surface area contributed by atoms with E-state index in [-0.39, 0.29) is 0 Å². The number of halogens is 1. The molecule has 4 heteroatoms. The minimum absolute atomic E-state index is 0.397. The summed E-state index contributed by atoms with van der Waals surface area (Å²) >= 11 is 7.27. The largest absolute Gasteiger partial charge is 0.260 e. The Morgan fingerprint density at radius 3 is 3.00 bits per heavy atom. The molecule has 60 valence electrons. The van der Waals surface area contributed by atoms with Crippen molar-refractivity contribution in [1.82, 2.24) is 9.97 Å². The molecule has 0 amide bonds. The predicted molar refractivity (Wildman–Crippen MR) is 48.1 cm³/mol. The van der Waals surface area contributed by atoms with E-state index < -0.39 is 0 Å². The van der Waals surface area contributed by atoms with E-state index in [4.69, 9.17) is 11.6 Å². The maximum Gasteiger partial charge on any atom is 0.115 e. The minimum atomic E-state index is 0.397. The Morgan fingerprint density at radius 1 is 1.64 bits per heavy atom. The lowest BCUT2D eigenvalue weighted by Gasteiger charge is -2.03. The summed E-state index contributed by atoms with van der Waals surface area (Å²) in [7, 11) is 0. The molecule has 0 N–H and O–H groups in total. The average Bonchev–Trinajstić information content (AvgIpc) is 2.06. The highest BCUT2D eigenvalue weighted by Gasteiger charge is 2.02. The first-order chi connectivity index (χ1) is 5.33. The van der Waals surface area contributed by atoms with Gasteiger partial charge in [-0.1, -0.05) is 6.92 Å². The molecule has 0 aromatic carbocycles. The topological polar surface area (TPSA) is 25.8 Å². The number of aromatic nitrogens is 2. The highest BCUT2D eigenvalue weighted by Crippen LogP contribution is 2.19. The standard InChI is InChI=1S/C7H9ClN2S/c1-6(4-8)11-7-5-9-2-3-10-7/h2-3,5-6H,4H2,1H3. The maximum absolute atomic E-state index is 5.63. The molecular weight excluding hydrogens is 180 g/mol. The van der Waals surface area contributed by atoms with Crippen molar-refractivity contribution in [3.8, 4) is 0 Å². The van der Waals surface area contributed by atoms with Crippen LogP contribution in [0.4, 0.5) is 0 Å². The van der Waals surface area contributed by atoms with Gasteiger partial charge in [0.25, 0.3) is 0 Å². The SMILES string of the molecule is CC(CCl)Sc1cnccn1. The lowest BCUT2D eigenvalue weighted by molar-refractivity contribution is 1.03. The van der Waals surface area contributed by atoms with Crippen molar-refractivity contribution < 1.29 is 0 Å². The van der Waals surface area contributed by atoms with Gasteiger partial charge in [0.05, 0.1) is 6.20 Å². The van der Waals surface area contributed by atoms with E-state index in [0.717, 1.165) is 5.03 Å². The van der Waals surface area contributed by atoms with E-state index in [1.165, 1.54) is 0 Å². The first kappa shape index (κ1) is 8.81. The Hall–Kier alpha value is -0.280. The van der Waals surface area contributed by atoms with Crippen molar-refractivity contribution in [3.05, 3.63) is 18.6 Å². The second-order valence-corrected chi connectivity index (χ2v) is 3.89. The third-order valence-electron chi connectivity index (χ3n) is 1.08. The second-order valence-electron chi connectivity index (χ2n) is 2.13. The van der Waals surface area contributed by atoms with Crippen molar-refractivity contribution in [2.75, 3.05) is 5.88 Å². The highest BCUT2D eigenvalue weighted by molar-refractivity contribution is 7.99. The first-order valence-electron chi connectivity index (χ1n) is 3.31. The lowest BCUT2D eigenvalue weighted by Crippen LogP contribution is -1.97. The van der Waals surface area contributed by atoms with E-state index in [0.29, 0.717) is 11.1 Å². The molecule has 1 aromatic heterocycles. The zero-order valence-electron chi connectivity index (χ0n) is 6.20. The molecule has 0 bridgehead atoms. The molecule has 0 radical (unpaired) electrons. The molecule has 0 saturated carbocycles. The number of thioether (sulfide) groups is 1. The van der Waals surface area contributed by atoms with Gasteiger partial charge in [-0.25, -0.2) is 4.98 Å². The maximum atomic E-state index is 5.63. The van der Waals surface area contributed by atoms with Crippen LogP contribution in [0.1, 0.15) is 6.92 Å². The summed E-state index contributed by atoms with van der Waals surface area (Å²) in [6.07, 6.45) is 5.09. The van der Waals surface area contributed by atoms with Crippen LogP contribution in [0.15, 0.2) is 23.6 Å². The predicted octanol–water partition coefficient (Wildman–Crippen LogP) is 2.20. The normalized spacial score (nSPS) is 12.9. The van der Waals surface area contributed by atoms with Gasteiger partial charge in [-0.15, -0.1) is 23.4 Å². The van der Waals surface area contributed by atoms with Crippen LogP contribution in [-0.2, 0) is 0 Å². The van der Waals surface area contributed by atoms with Crippen LogP contribution in [0, 0.1) is 0 Å². The molecule has 2 nitrogen and oxygen atoms in total. The molecular formula is C7H9ClN2S. The summed E-state index contributed by atoms with van der Waals surface area (Å²) in [5.74, 6) is 0.640. The Morgan fingerprint density at radius 2 is 2.45 bits per heavy atom. The van der Waals surface area contributed by atoms with E-state index in [2.05, 4.69) is 16.9 Å². The third kappa shape index (κ3) is 3.08. The van der Waals surface area contributed by atoms with E-state index in [1.807, 2.05) is 0 Å². The molecule has 1 rings (SSSR count). The number of hydrogen-bond acceptors (Lipinski definition) is 3. The Labute approximate surface area is 75.4 Å². The van der Waals surface area contributed by atoms with Gasteiger partial charge in [-0.2, -0.15) is 0 Å². The number of nitrogens with zero attached hydrogens (tertiary/aromatic N) is 2. The Balaban J connectivity index is 2.51. The summed E-state index contributed by atoms with van der Waals surface area (Å²) in [4.78, 5) is 8.05. The number of alkyl halides is 1. The Kier molecular flexibility index (Phi) is 3.66. The molecule has 0 aliphatic heterocycles. The van der Waals surface area contributed by atoms with Gasteiger partial charge in [0, 0.05) is 23.5 Å². The summed E-state index contributed by atoms with van der Waals surface area (Å²) in [5, 5.41) is 1.33. The number of rotatable bonds is 3. The monoisotopic (exact) mass is 188 g/mol. The van der Waals surface area contributed by atoms with Gasteiger partial charge >= 0.3 is 0 Å². The summed E-state index contributed by atoms with van der Waals surface area (Å²) in [5.41, 5.74) is 0. The fraction of sp³-hybridized carbons (Fsp3) is 0.429. The molecule has 1 heterocycles. The minimum Gasteiger partial charge on any atom is -0.260 e. The van der Waals surface area contributed by atoms with Crippen LogP contribution < -0.4 is 0 Å². The van der Waals surface area contributed by atoms with Gasteiger partial charge in [-0.3, -0.25) is 4.98 Å². The van der Waals surface area contributed by atoms with Gasteiger partial charge in [-0.05, 0) is 0 Å². The fourth-order valence-corrected chi connectivity index (χ4v) is 1.49. The van der Waals surface area contributed by atoms with Crippen LogP contribution in [0.3, 0.4) is 0 Å². The van der Waals surface area contributed by atoms with Crippen LogP contribution in [-0.4, -0.2) is 21.1 Å². The van der Waals surface area contributed by atoms with Crippen molar-refractivity contribution in [2.24, 2.45) is 0 Å². The molecule has 1 unspecified atom stereocenters. The van der Waals surface area contributed by atoms with Crippen LogP contribution in [0.25, 0.3) is 0 Å². The zero-order valence-corrected chi connectivity index (χ0v) is 7.77. The van der Waals surface area contributed by atoms with Crippen LogP contribution in [0.2, 0.25) is 0 Å². The molecule has 0 fully saturated rings. The van der Waals surface area contributed by atoms with Crippen molar-refractivity contribution >= 4 is 23.4 Å².